The Labute approximate surface area is 194 Å². The molecule has 0 aliphatic heterocycles. The number of ether oxygens (including phenoxy) is 1. The number of benzene rings is 3. The highest BCUT2D eigenvalue weighted by atomic mass is 16.5. The van der Waals surface area contributed by atoms with Gasteiger partial charge in [0.05, 0.1) is 13.0 Å². The Bertz CT molecular complexity index is 1240. The number of carbonyl (C=O) groups excluding carboxylic acids is 2. The molecule has 3 aromatic rings. The lowest BCUT2D eigenvalue weighted by molar-refractivity contribution is -0.142. The van der Waals surface area contributed by atoms with Gasteiger partial charge in [-0.25, -0.2) is 0 Å². The summed E-state index contributed by atoms with van der Waals surface area (Å²) < 4.78 is 5.07. The van der Waals surface area contributed by atoms with E-state index in [2.05, 4.69) is 30.4 Å². The quantitative estimate of drug-likeness (QED) is 0.499. The van der Waals surface area contributed by atoms with Crippen molar-refractivity contribution in [3.63, 3.8) is 0 Å². The number of fused-ring (bicyclic) bond motifs is 1. The first-order valence-electron chi connectivity index (χ1n) is 11.2. The normalized spacial score (nSPS) is 12.2. The second-order valence-corrected chi connectivity index (χ2v) is 8.15. The summed E-state index contributed by atoms with van der Waals surface area (Å²) >= 11 is 0. The van der Waals surface area contributed by atoms with Gasteiger partial charge in [-0.2, -0.15) is 0 Å². The summed E-state index contributed by atoms with van der Waals surface area (Å²) in [5.41, 5.74) is 14.4. The third kappa shape index (κ3) is 4.89. The first-order chi connectivity index (χ1) is 16.0. The van der Waals surface area contributed by atoms with Crippen molar-refractivity contribution in [3.05, 3.63) is 94.6 Å². The Morgan fingerprint density at radius 2 is 1.88 bits per heavy atom. The van der Waals surface area contributed by atoms with Crippen molar-refractivity contribution in [2.24, 2.45) is 5.73 Å². The molecule has 0 heterocycles. The molecule has 1 aliphatic rings. The van der Waals surface area contributed by atoms with Crippen LogP contribution < -0.4 is 11.1 Å². The van der Waals surface area contributed by atoms with Gasteiger partial charge < -0.3 is 15.8 Å². The van der Waals surface area contributed by atoms with E-state index in [1.165, 1.54) is 11.1 Å². The molecule has 168 valence electrons. The molecule has 1 amide bonds. The molecule has 0 spiro atoms. The van der Waals surface area contributed by atoms with Crippen LogP contribution in [0.2, 0.25) is 0 Å². The SMILES string of the molecule is CCOC(=O)Cc1ccccc1NC(=O)c1cc2c(c(-c3cccc(CN)c3)c1)C(C)=CC2. The minimum Gasteiger partial charge on any atom is -0.466 e. The van der Waals surface area contributed by atoms with Gasteiger partial charge in [-0.3, -0.25) is 9.59 Å². The topological polar surface area (TPSA) is 81.4 Å². The van der Waals surface area contributed by atoms with E-state index < -0.39 is 0 Å². The van der Waals surface area contributed by atoms with Gasteiger partial charge in [0.2, 0.25) is 0 Å². The first-order valence-corrected chi connectivity index (χ1v) is 11.2. The van der Waals surface area contributed by atoms with E-state index in [9.17, 15) is 9.59 Å². The molecule has 0 saturated heterocycles. The Morgan fingerprint density at radius 1 is 1.06 bits per heavy atom. The zero-order chi connectivity index (χ0) is 23.4. The van der Waals surface area contributed by atoms with Crippen molar-refractivity contribution < 1.29 is 14.3 Å². The molecule has 3 N–H and O–H groups in total. The predicted molar refractivity (Wildman–Crippen MR) is 132 cm³/mol. The van der Waals surface area contributed by atoms with Gasteiger partial charge in [-0.05, 0) is 83.5 Å². The Hall–Kier alpha value is -3.70. The van der Waals surface area contributed by atoms with Crippen LogP contribution in [0.15, 0.2) is 66.7 Å². The number of esters is 1. The van der Waals surface area contributed by atoms with Crippen LogP contribution in [0.3, 0.4) is 0 Å². The molecule has 0 atom stereocenters. The Kier molecular flexibility index (Phi) is 6.71. The monoisotopic (exact) mass is 440 g/mol. The van der Waals surface area contributed by atoms with E-state index in [0.717, 1.165) is 34.2 Å². The molecule has 0 fully saturated rings. The minimum atomic E-state index is -0.319. The van der Waals surface area contributed by atoms with Crippen LogP contribution in [0.25, 0.3) is 16.7 Å². The van der Waals surface area contributed by atoms with Gasteiger partial charge in [-0.15, -0.1) is 0 Å². The third-order valence-electron chi connectivity index (χ3n) is 5.88. The number of carbonyl (C=O) groups is 2. The highest BCUT2D eigenvalue weighted by Gasteiger charge is 2.21. The number of hydrogen-bond donors (Lipinski definition) is 2. The second-order valence-electron chi connectivity index (χ2n) is 8.15. The summed E-state index contributed by atoms with van der Waals surface area (Å²) in [4.78, 5) is 25.3. The summed E-state index contributed by atoms with van der Waals surface area (Å²) in [6.07, 6.45) is 3.09. The highest BCUT2D eigenvalue weighted by molar-refractivity contribution is 6.06. The lowest BCUT2D eigenvalue weighted by Crippen LogP contribution is -2.16. The van der Waals surface area contributed by atoms with Crippen molar-refractivity contribution in [1.82, 2.24) is 0 Å². The van der Waals surface area contributed by atoms with Crippen molar-refractivity contribution in [1.29, 1.82) is 0 Å². The molecule has 0 radical (unpaired) electrons. The van der Waals surface area contributed by atoms with Gasteiger partial charge >= 0.3 is 5.97 Å². The van der Waals surface area contributed by atoms with Gasteiger partial charge in [0, 0.05) is 17.8 Å². The first kappa shape index (κ1) is 22.5. The van der Waals surface area contributed by atoms with Gasteiger partial charge in [0.15, 0.2) is 0 Å². The number of hydrogen-bond acceptors (Lipinski definition) is 4. The van der Waals surface area contributed by atoms with Crippen molar-refractivity contribution >= 4 is 23.1 Å². The minimum absolute atomic E-state index is 0.106. The summed E-state index contributed by atoms with van der Waals surface area (Å²) in [5, 5.41) is 2.99. The molecule has 0 aromatic heterocycles. The van der Waals surface area contributed by atoms with Crippen LogP contribution in [0.4, 0.5) is 5.69 Å². The number of rotatable bonds is 7. The van der Waals surface area contributed by atoms with E-state index >= 15 is 0 Å². The third-order valence-corrected chi connectivity index (χ3v) is 5.88. The fourth-order valence-corrected chi connectivity index (χ4v) is 4.28. The fourth-order valence-electron chi connectivity index (χ4n) is 4.28. The van der Waals surface area contributed by atoms with E-state index in [1.54, 1.807) is 13.0 Å². The zero-order valence-corrected chi connectivity index (χ0v) is 19.0. The number of amides is 1. The largest absolute Gasteiger partial charge is 0.466 e. The molecular weight excluding hydrogens is 412 g/mol. The fraction of sp³-hybridized carbons (Fsp3) is 0.214. The molecule has 0 saturated carbocycles. The number of nitrogens with one attached hydrogen (secondary N) is 1. The van der Waals surface area contributed by atoms with E-state index in [4.69, 9.17) is 10.5 Å². The number of anilines is 1. The van der Waals surface area contributed by atoms with Gasteiger partial charge in [-0.1, -0.05) is 42.5 Å². The van der Waals surface area contributed by atoms with Crippen molar-refractivity contribution in [2.75, 3.05) is 11.9 Å². The van der Waals surface area contributed by atoms with Gasteiger partial charge in [0.25, 0.3) is 5.91 Å². The molecule has 0 unspecified atom stereocenters. The number of nitrogens with two attached hydrogens (primary N) is 1. The Balaban J connectivity index is 1.68. The highest BCUT2D eigenvalue weighted by Crippen LogP contribution is 2.37. The average Bonchev–Trinajstić information content (AvgIpc) is 3.20. The van der Waals surface area contributed by atoms with Crippen LogP contribution >= 0.6 is 0 Å². The summed E-state index contributed by atoms with van der Waals surface area (Å²) in [6.45, 7) is 4.66. The molecule has 1 aliphatic carbocycles. The maximum Gasteiger partial charge on any atom is 0.310 e. The van der Waals surface area contributed by atoms with E-state index in [0.29, 0.717) is 24.4 Å². The molecule has 5 heteroatoms. The van der Waals surface area contributed by atoms with Crippen LogP contribution in [-0.4, -0.2) is 18.5 Å². The molecule has 0 bridgehead atoms. The molecule has 5 nitrogen and oxygen atoms in total. The standard InChI is InChI=1S/C28H28N2O3/c1-3-33-26(31)16-21-8-4-5-10-25(21)30-28(32)23-14-22-12-11-18(2)27(22)24(15-23)20-9-6-7-19(13-20)17-29/h4-11,13-15H,3,12,16-17,29H2,1-2H3,(H,30,32). The van der Waals surface area contributed by atoms with E-state index in [-0.39, 0.29) is 18.3 Å². The lowest BCUT2D eigenvalue weighted by atomic mass is 9.91. The maximum absolute atomic E-state index is 13.3. The predicted octanol–water partition coefficient (Wildman–Crippen LogP) is 5.13. The van der Waals surface area contributed by atoms with Crippen molar-refractivity contribution in [2.45, 2.75) is 33.2 Å². The summed E-state index contributed by atoms with van der Waals surface area (Å²) in [6, 6.07) is 19.3. The number of allylic oxidation sites excluding steroid dienone is 2. The van der Waals surface area contributed by atoms with Gasteiger partial charge in [0.1, 0.15) is 0 Å². The Morgan fingerprint density at radius 3 is 2.67 bits per heavy atom. The zero-order valence-electron chi connectivity index (χ0n) is 19.0. The molecular formula is C28H28N2O3. The lowest BCUT2D eigenvalue weighted by Gasteiger charge is -2.16. The smallest absolute Gasteiger partial charge is 0.310 e. The van der Waals surface area contributed by atoms with Crippen LogP contribution in [0, 0.1) is 0 Å². The van der Waals surface area contributed by atoms with Crippen LogP contribution in [0.1, 0.15) is 46.5 Å². The average molecular weight is 441 g/mol. The van der Waals surface area contributed by atoms with Crippen LogP contribution in [0.5, 0.6) is 0 Å². The van der Waals surface area contributed by atoms with Crippen molar-refractivity contribution in [3.8, 4) is 11.1 Å². The maximum atomic E-state index is 13.3. The second kappa shape index (κ2) is 9.84. The number of para-hydroxylation sites is 1. The molecule has 33 heavy (non-hydrogen) atoms. The summed E-state index contributed by atoms with van der Waals surface area (Å²) in [5.74, 6) is -0.532. The summed E-state index contributed by atoms with van der Waals surface area (Å²) in [7, 11) is 0. The molecule has 4 rings (SSSR count). The van der Waals surface area contributed by atoms with E-state index in [1.807, 2.05) is 42.5 Å². The van der Waals surface area contributed by atoms with Crippen LogP contribution in [-0.2, 0) is 28.9 Å². The molecule has 3 aromatic carbocycles.